The summed E-state index contributed by atoms with van der Waals surface area (Å²) in [5.41, 5.74) is 13.0. The van der Waals surface area contributed by atoms with Crippen LogP contribution < -0.4 is 0 Å². The smallest absolute Gasteiger partial charge is 0.139 e. The number of rotatable bonds is 4. The zero-order chi connectivity index (χ0) is 39.3. The number of fused-ring (bicyclic) bond motifs is 11. The van der Waals surface area contributed by atoms with E-state index >= 15 is 0 Å². The molecule has 0 amide bonds. The molecule has 9 aromatic carbocycles. The van der Waals surface area contributed by atoms with Crippen LogP contribution in [0.4, 0.5) is 0 Å². The van der Waals surface area contributed by atoms with Crippen LogP contribution in [0.15, 0.2) is 215 Å². The van der Waals surface area contributed by atoms with Crippen LogP contribution in [0.3, 0.4) is 0 Å². The SMILES string of the molecule is C1=CC2C=CC(c3ccc4cc(-c5ccc6oc7cc8oc9ccc(-c%10cccc(-c%11cc%12ccccc%12c%12ccccc%11%12)c%10)cc9c8cc7c6c5)ccc4c3)=CC2C=C1. The van der Waals surface area contributed by atoms with Gasteiger partial charge in [0, 0.05) is 39.4 Å². The Labute approximate surface area is 346 Å². The Hall–Kier alpha value is -7.68. The Bertz CT molecular complexity index is 3730. The number of hydrogen-bond acceptors (Lipinski definition) is 2. The molecule has 0 saturated carbocycles. The fraction of sp³-hybridized carbons (Fsp3) is 0.0345. The molecule has 0 fully saturated rings. The van der Waals surface area contributed by atoms with Crippen LogP contribution in [0.2, 0.25) is 0 Å². The molecule has 2 heteroatoms. The van der Waals surface area contributed by atoms with Gasteiger partial charge >= 0.3 is 0 Å². The maximum Gasteiger partial charge on any atom is 0.139 e. The van der Waals surface area contributed by atoms with Gasteiger partial charge in [-0.15, -0.1) is 0 Å². The Morgan fingerprint density at radius 1 is 0.317 bits per heavy atom. The van der Waals surface area contributed by atoms with Crippen molar-refractivity contribution in [3.05, 3.63) is 212 Å². The first-order valence-electron chi connectivity index (χ1n) is 20.8. The first-order valence-corrected chi connectivity index (χ1v) is 20.8. The van der Waals surface area contributed by atoms with Gasteiger partial charge in [-0.2, -0.15) is 0 Å². The van der Waals surface area contributed by atoms with Crippen molar-refractivity contribution in [1.29, 1.82) is 0 Å². The molecule has 0 saturated heterocycles. The average molecular weight is 765 g/mol. The molecule has 60 heavy (non-hydrogen) atoms. The Morgan fingerprint density at radius 3 is 1.67 bits per heavy atom. The van der Waals surface area contributed by atoms with Crippen LogP contribution in [0.1, 0.15) is 5.56 Å². The van der Waals surface area contributed by atoms with Gasteiger partial charge in [-0.05, 0) is 131 Å². The Morgan fingerprint density at radius 2 is 0.900 bits per heavy atom. The zero-order valence-corrected chi connectivity index (χ0v) is 32.6. The summed E-state index contributed by atoms with van der Waals surface area (Å²) in [7, 11) is 0. The van der Waals surface area contributed by atoms with Crippen molar-refractivity contribution in [2.24, 2.45) is 11.8 Å². The molecule has 2 aliphatic rings. The number of hydrogen-bond donors (Lipinski definition) is 0. The number of allylic oxidation sites excluding steroid dienone is 8. The molecular weight excluding hydrogens is 729 g/mol. The lowest BCUT2D eigenvalue weighted by atomic mass is 9.81. The normalized spacial score (nSPS) is 16.2. The highest BCUT2D eigenvalue weighted by Gasteiger charge is 2.19. The second-order valence-corrected chi connectivity index (χ2v) is 16.4. The summed E-state index contributed by atoms with van der Waals surface area (Å²) in [5, 5.41) is 11.9. The molecule has 2 aromatic heterocycles. The van der Waals surface area contributed by atoms with E-state index in [1.54, 1.807) is 0 Å². The van der Waals surface area contributed by atoms with Crippen molar-refractivity contribution in [2.45, 2.75) is 0 Å². The molecule has 2 unspecified atom stereocenters. The highest BCUT2D eigenvalue weighted by atomic mass is 16.3. The molecule has 2 nitrogen and oxygen atoms in total. The van der Waals surface area contributed by atoms with Crippen molar-refractivity contribution in [3.63, 3.8) is 0 Å². The standard InChI is InChI=1S/C58H36O2/c1-2-9-36-26-38(17-16-35(36)8-1)39-18-19-41-28-42(21-20-40(41)27-39)44-23-25-56-52(31-44)54-33-53-51-30-43(22-24-55(51)59-57(53)34-58(54)60-56)37-11-7-12-45(29-37)50-32-46-10-3-4-13-47(46)48-14-5-6-15-49(48)50/h1-36H. The molecule has 13 rings (SSSR count). The van der Waals surface area contributed by atoms with Gasteiger partial charge in [-0.3, -0.25) is 0 Å². The largest absolute Gasteiger partial charge is 0.456 e. The summed E-state index contributed by atoms with van der Waals surface area (Å²) in [6, 6.07) is 59.7. The third kappa shape index (κ3) is 5.28. The van der Waals surface area contributed by atoms with Crippen molar-refractivity contribution in [1.82, 2.24) is 0 Å². The molecule has 0 bridgehead atoms. The Kier molecular flexibility index (Phi) is 7.17. The van der Waals surface area contributed by atoms with Gasteiger partial charge in [0.2, 0.25) is 0 Å². The molecule has 0 radical (unpaired) electrons. The van der Waals surface area contributed by atoms with Crippen molar-refractivity contribution in [2.75, 3.05) is 0 Å². The molecule has 0 aliphatic heterocycles. The lowest BCUT2D eigenvalue weighted by Gasteiger charge is -2.23. The van der Waals surface area contributed by atoms with E-state index in [4.69, 9.17) is 8.83 Å². The van der Waals surface area contributed by atoms with Crippen LogP contribution in [-0.4, -0.2) is 0 Å². The van der Waals surface area contributed by atoms with Crippen molar-refractivity contribution in [3.8, 4) is 33.4 Å². The minimum Gasteiger partial charge on any atom is -0.456 e. The number of benzene rings is 9. The van der Waals surface area contributed by atoms with Crippen molar-refractivity contribution >= 4 is 81.8 Å². The quantitative estimate of drug-likeness (QED) is 0.167. The maximum atomic E-state index is 6.46. The summed E-state index contributed by atoms with van der Waals surface area (Å²) in [4.78, 5) is 0. The van der Waals surface area contributed by atoms with Crippen LogP contribution in [0, 0.1) is 11.8 Å². The molecule has 2 atom stereocenters. The third-order valence-electron chi connectivity index (χ3n) is 12.9. The molecule has 0 N–H and O–H groups in total. The molecule has 2 heterocycles. The molecular formula is C58H36O2. The van der Waals surface area contributed by atoms with Gasteiger partial charge in [0.05, 0.1) is 0 Å². The van der Waals surface area contributed by atoms with Crippen molar-refractivity contribution < 1.29 is 8.83 Å². The average Bonchev–Trinajstić information content (AvgIpc) is 3.86. The van der Waals surface area contributed by atoms with E-state index in [2.05, 4.69) is 206 Å². The predicted octanol–water partition coefficient (Wildman–Crippen LogP) is 16.3. The van der Waals surface area contributed by atoms with E-state index in [1.165, 1.54) is 65.7 Å². The fourth-order valence-corrected chi connectivity index (χ4v) is 9.84. The molecule has 280 valence electrons. The van der Waals surface area contributed by atoms with Gasteiger partial charge < -0.3 is 8.83 Å². The monoisotopic (exact) mass is 764 g/mol. The zero-order valence-electron chi connectivity index (χ0n) is 32.6. The minimum absolute atomic E-state index is 0.425. The minimum atomic E-state index is 0.425. The van der Waals surface area contributed by atoms with E-state index in [1.807, 2.05) is 0 Å². The summed E-state index contributed by atoms with van der Waals surface area (Å²) < 4.78 is 12.9. The summed E-state index contributed by atoms with van der Waals surface area (Å²) in [6.45, 7) is 0. The molecule has 11 aromatic rings. The van der Waals surface area contributed by atoms with Gasteiger partial charge in [-0.1, -0.05) is 146 Å². The van der Waals surface area contributed by atoms with E-state index < -0.39 is 0 Å². The molecule has 0 spiro atoms. The lowest BCUT2D eigenvalue weighted by molar-refractivity contribution is 0.656. The van der Waals surface area contributed by atoms with Gasteiger partial charge in [0.25, 0.3) is 0 Å². The second kappa shape index (κ2) is 12.9. The predicted molar refractivity (Wildman–Crippen MR) is 252 cm³/mol. The van der Waals surface area contributed by atoms with E-state index in [0.717, 1.165) is 55.0 Å². The highest BCUT2D eigenvalue weighted by Crippen LogP contribution is 2.41. The van der Waals surface area contributed by atoms with Gasteiger partial charge in [-0.25, -0.2) is 0 Å². The van der Waals surface area contributed by atoms with E-state index in [-0.39, 0.29) is 0 Å². The van der Waals surface area contributed by atoms with E-state index in [9.17, 15) is 0 Å². The maximum absolute atomic E-state index is 6.46. The number of furan rings is 2. The first kappa shape index (κ1) is 33.3. The Balaban J connectivity index is 0.867. The third-order valence-corrected chi connectivity index (χ3v) is 12.9. The summed E-state index contributed by atoms with van der Waals surface area (Å²) in [5.74, 6) is 0.886. The summed E-state index contributed by atoms with van der Waals surface area (Å²) >= 11 is 0. The fourth-order valence-electron chi connectivity index (χ4n) is 9.84. The summed E-state index contributed by atoms with van der Waals surface area (Å²) in [6.07, 6.45) is 15.9. The first-order chi connectivity index (χ1) is 29.7. The highest BCUT2D eigenvalue weighted by molar-refractivity contribution is 6.17. The van der Waals surface area contributed by atoms with E-state index in [0.29, 0.717) is 11.8 Å². The lowest BCUT2D eigenvalue weighted by Crippen LogP contribution is -2.11. The van der Waals surface area contributed by atoms with Crippen LogP contribution >= 0.6 is 0 Å². The van der Waals surface area contributed by atoms with Crippen LogP contribution in [-0.2, 0) is 0 Å². The van der Waals surface area contributed by atoms with Gasteiger partial charge in [0.15, 0.2) is 0 Å². The van der Waals surface area contributed by atoms with Gasteiger partial charge in [0.1, 0.15) is 22.3 Å². The second-order valence-electron chi connectivity index (χ2n) is 16.4. The van der Waals surface area contributed by atoms with Crippen LogP contribution in [0.5, 0.6) is 0 Å². The molecule has 2 aliphatic carbocycles. The topological polar surface area (TPSA) is 26.3 Å². The van der Waals surface area contributed by atoms with Crippen LogP contribution in [0.25, 0.3) is 115 Å².